The summed E-state index contributed by atoms with van der Waals surface area (Å²) in [4.78, 5) is 14.1. The number of hydrogen-bond acceptors (Lipinski definition) is 3. The fourth-order valence-electron chi connectivity index (χ4n) is 2.17. The first-order chi connectivity index (χ1) is 10.2. The molecule has 0 bridgehead atoms. The summed E-state index contributed by atoms with van der Waals surface area (Å²) in [6.45, 7) is 5.75. The van der Waals surface area contributed by atoms with E-state index in [1.165, 1.54) is 0 Å². The molecule has 118 valence electrons. The van der Waals surface area contributed by atoms with Crippen molar-refractivity contribution < 1.29 is 14.3 Å². The second-order valence-electron chi connectivity index (χ2n) is 5.10. The van der Waals surface area contributed by atoms with Gasteiger partial charge in [0.1, 0.15) is 6.61 Å². The minimum Gasteiger partial charge on any atom is -0.445 e. The molecule has 4 nitrogen and oxygen atoms in total. The molecule has 1 aromatic rings. The summed E-state index contributed by atoms with van der Waals surface area (Å²) in [5, 5.41) is 0. The molecular formula is C17H27NO3. The lowest BCUT2D eigenvalue weighted by atomic mass is 10.2. The van der Waals surface area contributed by atoms with Crippen molar-refractivity contribution in [1.29, 1.82) is 0 Å². The van der Waals surface area contributed by atoms with Crippen LogP contribution in [0.2, 0.25) is 0 Å². The van der Waals surface area contributed by atoms with Crippen molar-refractivity contribution in [3.63, 3.8) is 0 Å². The van der Waals surface area contributed by atoms with Crippen molar-refractivity contribution in [3.05, 3.63) is 35.9 Å². The second-order valence-corrected chi connectivity index (χ2v) is 5.10. The number of rotatable bonds is 9. The molecule has 1 aromatic carbocycles. The number of nitrogens with zero attached hydrogens (tertiary/aromatic N) is 1. The molecule has 4 heteroatoms. The average Bonchev–Trinajstić information content (AvgIpc) is 2.53. The Balaban J connectivity index is 2.61. The predicted molar refractivity (Wildman–Crippen MR) is 84.2 cm³/mol. The van der Waals surface area contributed by atoms with Crippen molar-refractivity contribution >= 4 is 6.09 Å². The summed E-state index contributed by atoms with van der Waals surface area (Å²) in [7, 11) is 1.66. The van der Waals surface area contributed by atoms with Crippen LogP contribution in [0.3, 0.4) is 0 Å². The molecule has 0 heterocycles. The van der Waals surface area contributed by atoms with Crippen LogP contribution in [0.15, 0.2) is 30.3 Å². The quantitative estimate of drug-likeness (QED) is 0.694. The minimum absolute atomic E-state index is 0.0739. The molecule has 0 spiro atoms. The van der Waals surface area contributed by atoms with Gasteiger partial charge < -0.3 is 14.4 Å². The number of ether oxygens (including phenoxy) is 2. The Bertz CT molecular complexity index is 394. The van der Waals surface area contributed by atoms with Crippen LogP contribution in [-0.4, -0.2) is 37.3 Å². The highest BCUT2D eigenvalue weighted by Crippen LogP contribution is 2.11. The summed E-state index contributed by atoms with van der Waals surface area (Å²) in [5.74, 6) is 0. The highest BCUT2D eigenvalue weighted by molar-refractivity contribution is 5.68. The van der Waals surface area contributed by atoms with Gasteiger partial charge in [0.15, 0.2) is 0 Å². The maximum Gasteiger partial charge on any atom is 0.410 e. The summed E-state index contributed by atoms with van der Waals surface area (Å²) >= 11 is 0. The minimum atomic E-state index is -0.254. The van der Waals surface area contributed by atoms with Gasteiger partial charge in [0.25, 0.3) is 0 Å². The van der Waals surface area contributed by atoms with Crippen molar-refractivity contribution in [2.45, 2.75) is 45.8 Å². The van der Waals surface area contributed by atoms with Gasteiger partial charge in [0.2, 0.25) is 0 Å². The van der Waals surface area contributed by atoms with E-state index < -0.39 is 0 Å². The number of methoxy groups -OCH3 is 1. The molecule has 1 unspecified atom stereocenters. The molecule has 0 aliphatic heterocycles. The van der Waals surface area contributed by atoms with Gasteiger partial charge in [-0.25, -0.2) is 4.79 Å². The Morgan fingerprint density at radius 1 is 1.24 bits per heavy atom. The second kappa shape index (κ2) is 10.2. The molecule has 0 fully saturated rings. The van der Waals surface area contributed by atoms with Crippen LogP contribution in [0.4, 0.5) is 4.79 Å². The lowest BCUT2D eigenvalue weighted by Crippen LogP contribution is -2.43. The average molecular weight is 293 g/mol. The summed E-state index contributed by atoms with van der Waals surface area (Å²) in [5.41, 5.74) is 1.00. The molecule has 0 radical (unpaired) electrons. The van der Waals surface area contributed by atoms with E-state index in [2.05, 4.69) is 13.8 Å². The number of carbonyl (C=O) groups is 1. The van der Waals surface area contributed by atoms with Crippen molar-refractivity contribution in [3.8, 4) is 0 Å². The van der Waals surface area contributed by atoms with E-state index in [1.54, 1.807) is 12.0 Å². The van der Waals surface area contributed by atoms with Crippen LogP contribution >= 0.6 is 0 Å². The summed E-state index contributed by atoms with van der Waals surface area (Å²) in [6, 6.07) is 9.82. The zero-order valence-corrected chi connectivity index (χ0v) is 13.4. The number of carbonyl (C=O) groups excluding carboxylic acids is 1. The van der Waals surface area contributed by atoms with E-state index >= 15 is 0 Å². The first-order valence-corrected chi connectivity index (χ1v) is 7.69. The number of unbranched alkanes of at least 4 members (excludes halogenated alkanes) is 1. The van der Waals surface area contributed by atoms with Crippen LogP contribution in [0, 0.1) is 0 Å². The maximum absolute atomic E-state index is 12.3. The van der Waals surface area contributed by atoms with E-state index in [1.807, 2.05) is 30.3 Å². The number of amides is 1. The van der Waals surface area contributed by atoms with Crippen LogP contribution in [0.25, 0.3) is 0 Å². The Labute approximate surface area is 128 Å². The Hall–Kier alpha value is -1.55. The molecule has 0 aliphatic carbocycles. The predicted octanol–water partition coefficient (Wildman–Crippen LogP) is 3.85. The smallest absolute Gasteiger partial charge is 0.410 e. The molecule has 1 amide bonds. The molecule has 0 saturated carbocycles. The van der Waals surface area contributed by atoms with Crippen molar-refractivity contribution in [1.82, 2.24) is 4.90 Å². The van der Waals surface area contributed by atoms with Gasteiger partial charge in [-0.3, -0.25) is 0 Å². The van der Waals surface area contributed by atoms with Crippen molar-refractivity contribution in [2.24, 2.45) is 0 Å². The zero-order valence-electron chi connectivity index (χ0n) is 13.4. The molecule has 21 heavy (non-hydrogen) atoms. The Morgan fingerprint density at radius 2 is 1.95 bits per heavy atom. The van der Waals surface area contributed by atoms with Gasteiger partial charge in [-0.15, -0.1) is 0 Å². The third-order valence-corrected chi connectivity index (χ3v) is 3.46. The van der Waals surface area contributed by atoms with Gasteiger partial charge in [-0.05, 0) is 18.4 Å². The monoisotopic (exact) mass is 293 g/mol. The lowest BCUT2D eigenvalue weighted by molar-refractivity contribution is 0.0522. The third-order valence-electron chi connectivity index (χ3n) is 3.46. The standard InChI is InChI=1S/C17H27NO3/c1-4-6-12-18(16(5-2)14-20-3)17(19)21-13-15-10-8-7-9-11-15/h7-11,16H,4-6,12-14H2,1-3H3. The zero-order chi connectivity index (χ0) is 15.5. The van der Waals surface area contributed by atoms with Crippen molar-refractivity contribution in [2.75, 3.05) is 20.3 Å². The Morgan fingerprint density at radius 3 is 2.52 bits per heavy atom. The highest BCUT2D eigenvalue weighted by atomic mass is 16.6. The molecular weight excluding hydrogens is 266 g/mol. The fourth-order valence-corrected chi connectivity index (χ4v) is 2.17. The van der Waals surface area contributed by atoms with Crippen LogP contribution in [-0.2, 0) is 16.1 Å². The van der Waals surface area contributed by atoms with Crippen LogP contribution in [0.1, 0.15) is 38.7 Å². The topological polar surface area (TPSA) is 38.8 Å². The molecule has 0 aromatic heterocycles. The van der Waals surface area contributed by atoms with Gasteiger partial charge in [0, 0.05) is 13.7 Å². The molecule has 1 atom stereocenters. The summed E-state index contributed by atoms with van der Waals surface area (Å²) in [6.07, 6.45) is 2.63. The molecule has 0 N–H and O–H groups in total. The van der Waals surface area contributed by atoms with Gasteiger partial charge in [-0.2, -0.15) is 0 Å². The molecule has 1 rings (SSSR count). The lowest BCUT2D eigenvalue weighted by Gasteiger charge is -2.30. The van der Waals surface area contributed by atoms with Gasteiger partial charge in [-0.1, -0.05) is 50.6 Å². The normalized spacial score (nSPS) is 12.0. The highest BCUT2D eigenvalue weighted by Gasteiger charge is 2.23. The third kappa shape index (κ3) is 6.17. The van der Waals surface area contributed by atoms with E-state index in [9.17, 15) is 4.79 Å². The van der Waals surface area contributed by atoms with Gasteiger partial charge >= 0.3 is 6.09 Å². The fraction of sp³-hybridized carbons (Fsp3) is 0.588. The van der Waals surface area contributed by atoms with Crippen LogP contribution < -0.4 is 0 Å². The maximum atomic E-state index is 12.3. The SMILES string of the molecule is CCCCN(C(=O)OCc1ccccc1)C(CC)COC. The number of hydrogen-bond donors (Lipinski definition) is 0. The Kier molecular flexibility index (Phi) is 8.51. The van der Waals surface area contributed by atoms with Crippen LogP contribution in [0.5, 0.6) is 0 Å². The molecule has 0 aliphatic rings. The van der Waals surface area contributed by atoms with E-state index in [0.29, 0.717) is 19.8 Å². The van der Waals surface area contributed by atoms with E-state index in [4.69, 9.17) is 9.47 Å². The first kappa shape index (κ1) is 17.5. The van der Waals surface area contributed by atoms with E-state index in [0.717, 1.165) is 24.8 Å². The van der Waals surface area contributed by atoms with E-state index in [-0.39, 0.29) is 12.1 Å². The van der Waals surface area contributed by atoms with Gasteiger partial charge in [0.05, 0.1) is 12.6 Å². The molecule has 0 saturated heterocycles. The summed E-state index contributed by atoms with van der Waals surface area (Å²) < 4.78 is 10.7. The number of benzene rings is 1. The first-order valence-electron chi connectivity index (χ1n) is 7.69. The largest absolute Gasteiger partial charge is 0.445 e.